The van der Waals surface area contributed by atoms with Crippen LogP contribution in [0.1, 0.15) is 32.4 Å². The Hall–Kier alpha value is -3.41. The Morgan fingerprint density at radius 3 is 2.85 bits per heavy atom. The van der Waals surface area contributed by atoms with E-state index in [0.29, 0.717) is 37.6 Å². The molecule has 0 saturated carbocycles. The van der Waals surface area contributed by atoms with E-state index in [0.717, 1.165) is 23.9 Å². The highest BCUT2D eigenvalue weighted by Gasteiger charge is 2.30. The van der Waals surface area contributed by atoms with Gasteiger partial charge in [0.1, 0.15) is 36.0 Å². The number of urea groups is 1. The lowest BCUT2D eigenvalue weighted by Gasteiger charge is -2.28. The normalized spacial score (nSPS) is 18.9. The molecule has 0 radical (unpaired) electrons. The summed E-state index contributed by atoms with van der Waals surface area (Å²) in [6, 6.07) is 7.84. The van der Waals surface area contributed by atoms with Gasteiger partial charge in [0.2, 0.25) is 0 Å². The number of aromatic nitrogens is 3. The van der Waals surface area contributed by atoms with E-state index in [4.69, 9.17) is 10.5 Å². The van der Waals surface area contributed by atoms with E-state index in [9.17, 15) is 15.0 Å². The number of aromatic hydroxyl groups is 1. The Morgan fingerprint density at radius 1 is 1.29 bits per heavy atom. The van der Waals surface area contributed by atoms with Crippen LogP contribution in [0, 0.1) is 0 Å². The molecule has 0 aliphatic carbocycles. The van der Waals surface area contributed by atoms with Crippen molar-refractivity contribution in [2.75, 3.05) is 30.7 Å². The highest BCUT2D eigenvalue weighted by molar-refractivity contribution is 5.89. The van der Waals surface area contributed by atoms with Gasteiger partial charge >= 0.3 is 6.03 Å². The molecular formula is C23H31N7O4. The van der Waals surface area contributed by atoms with Gasteiger partial charge in [-0.15, -0.1) is 0 Å². The van der Waals surface area contributed by atoms with E-state index in [-0.39, 0.29) is 24.1 Å². The van der Waals surface area contributed by atoms with Crippen LogP contribution in [-0.4, -0.2) is 67.6 Å². The third-order valence-corrected chi connectivity index (χ3v) is 5.93. The van der Waals surface area contributed by atoms with Crippen LogP contribution in [0.5, 0.6) is 5.75 Å². The number of hydrogen-bond donors (Lipinski definition) is 5. The summed E-state index contributed by atoms with van der Waals surface area (Å²) < 4.78 is 8.25. The summed E-state index contributed by atoms with van der Waals surface area (Å²) in [5.41, 5.74) is 7.28. The summed E-state index contributed by atoms with van der Waals surface area (Å²) >= 11 is 0. The molecule has 3 aromatic rings. The molecule has 2 amide bonds. The van der Waals surface area contributed by atoms with Crippen LogP contribution in [0.25, 0.3) is 11.0 Å². The topological polar surface area (TPSA) is 151 Å². The van der Waals surface area contributed by atoms with Crippen molar-refractivity contribution in [2.24, 2.45) is 0 Å². The number of aliphatic hydroxyl groups is 1. The Balaban J connectivity index is 1.23. The number of phenolic OH excluding ortho intramolecular Hbond substituents is 1. The molecule has 1 saturated heterocycles. The van der Waals surface area contributed by atoms with Crippen molar-refractivity contribution in [3.05, 3.63) is 42.9 Å². The van der Waals surface area contributed by atoms with Crippen LogP contribution >= 0.6 is 0 Å². The number of nitrogens with one attached hydrogen (secondary N) is 2. The molecule has 1 unspecified atom stereocenters. The number of fused-ring (bicyclic) bond motifs is 1. The molecule has 2 aromatic heterocycles. The first-order chi connectivity index (χ1) is 16.4. The number of hydrogen-bond acceptors (Lipinski definition) is 8. The highest BCUT2D eigenvalue weighted by Crippen LogP contribution is 2.32. The maximum Gasteiger partial charge on any atom is 0.319 e. The largest absolute Gasteiger partial charge is 0.508 e. The van der Waals surface area contributed by atoms with Gasteiger partial charge in [-0.3, -0.25) is 4.90 Å². The maximum atomic E-state index is 12.0. The minimum absolute atomic E-state index is 0.0259. The summed E-state index contributed by atoms with van der Waals surface area (Å²) in [5, 5.41) is 25.9. The second-order valence-corrected chi connectivity index (χ2v) is 8.42. The third-order valence-electron chi connectivity index (χ3n) is 5.93. The quantitative estimate of drug-likeness (QED) is 0.182. The number of anilines is 2. The van der Waals surface area contributed by atoms with Gasteiger partial charge in [0.15, 0.2) is 0 Å². The number of phenols is 1. The first kappa shape index (κ1) is 23.7. The smallest absolute Gasteiger partial charge is 0.319 e. The lowest BCUT2D eigenvalue weighted by Crippen LogP contribution is -2.41. The molecule has 3 heterocycles. The van der Waals surface area contributed by atoms with Gasteiger partial charge < -0.3 is 35.9 Å². The van der Waals surface area contributed by atoms with E-state index in [1.807, 2.05) is 21.7 Å². The molecule has 0 bridgehead atoms. The van der Waals surface area contributed by atoms with Crippen LogP contribution in [0.2, 0.25) is 0 Å². The zero-order chi connectivity index (χ0) is 24.1. The van der Waals surface area contributed by atoms with Crippen LogP contribution in [0.4, 0.5) is 16.3 Å². The molecule has 3 atom stereocenters. The summed E-state index contributed by atoms with van der Waals surface area (Å²) in [5.74, 6) is 0.589. The number of carbonyl (C=O) groups excluding carboxylic acids is 1. The van der Waals surface area contributed by atoms with Crippen molar-refractivity contribution in [3.63, 3.8) is 0 Å². The minimum Gasteiger partial charge on any atom is -0.508 e. The molecule has 11 heteroatoms. The summed E-state index contributed by atoms with van der Waals surface area (Å²) in [7, 11) is 0. The van der Waals surface area contributed by atoms with E-state index in [1.54, 1.807) is 19.1 Å². The molecule has 1 fully saturated rings. The fourth-order valence-corrected chi connectivity index (χ4v) is 4.14. The Labute approximate surface area is 197 Å². The average molecular weight is 470 g/mol. The predicted molar refractivity (Wildman–Crippen MR) is 128 cm³/mol. The highest BCUT2D eigenvalue weighted by atomic mass is 16.5. The molecule has 0 spiro atoms. The molecule has 34 heavy (non-hydrogen) atoms. The number of amides is 2. The molecule has 6 N–H and O–H groups in total. The van der Waals surface area contributed by atoms with Crippen molar-refractivity contribution in [3.8, 4) is 5.75 Å². The third kappa shape index (κ3) is 5.74. The van der Waals surface area contributed by atoms with Crippen molar-refractivity contribution >= 4 is 28.6 Å². The summed E-state index contributed by atoms with van der Waals surface area (Å²) in [6.07, 6.45) is 4.95. The summed E-state index contributed by atoms with van der Waals surface area (Å²) in [4.78, 5) is 22.4. The Morgan fingerprint density at radius 2 is 2.09 bits per heavy atom. The molecular weight excluding hydrogens is 438 g/mol. The van der Waals surface area contributed by atoms with Crippen LogP contribution in [0.15, 0.2) is 42.9 Å². The van der Waals surface area contributed by atoms with Gasteiger partial charge in [0.05, 0.1) is 11.5 Å². The van der Waals surface area contributed by atoms with E-state index >= 15 is 0 Å². The number of nitrogens with two attached hydrogens (primary N) is 1. The molecule has 182 valence electrons. The monoisotopic (exact) mass is 469 g/mol. The second-order valence-electron chi connectivity index (χ2n) is 8.42. The van der Waals surface area contributed by atoms with E-state index in [2.05, 4.69) is 20.6 Å². The van der Waals surface area contributed by atoms with Gasteiger partial charge in [-0.25, -0.2) is 14.8 Å². The SMILES string of the molecule is CC(O)N(CCCNC(=O)Nc1ccc(O)cc1)C[C@@H]1CC[C@H](n2ccc3c(N)ncnc32)O1. The number of aliphatic hydroxyl groups excluding tert-OH is 1. The zero-order valence-electron chi connectivity index (χ0n) is 19.1. The number of ether oxygens (including phenoxy) is 1. The van der Waals surface area contributed by atoms with Crippen molar-refractivity contribution in [1.29, 1.82) is 0 Å². The Bertz CT molecular complexity index is 1100. The number of rotatable bonds is 9. The number of benzene rings is 1. The Kier molecular flexibility index (Phi) is 7.46. The van der Waals surface area contributed by atoms with E-state index < -0.39 is 6.23 Å². The van der Waals surface area contributed by atoms with Crippen LogP contribution in [0.3, 0.4) is 0 Å². The lowest BCUT2D eigenvalue weighted by molar-refractivity contribution is -0.0483. The number of carbonyl (C=O) groups is 1. The van der Waals surface area contributed by atoms with Gasteiger partial charge in [-0.2, -0.15) is 0 Å². The standard InChI is InChI=1S/C23H31N7O4/c1-15(31)29(11-2-10-25-23(33)28-16-3-5-17(32)6-4-16)13-18-7-8-20(34-18)30-12-9-19-21(24)26-14-27-22(19)30/h3-6,9,12,14-15,18,20,31-32H,2,7-8,10-11,13H2,1H3,(H2,24,26,27)(H2,25,28,33)/t15?,18-,20+/m0/s1. The fourth-order valence-electron chi connectivity index (χ4n) is 4.14. The fraction of sp³-hybridized carbons (Fsp3) is 0.435. The van der Waals surface area contributed by atoms with Gasteiger partial charge in [-0.05, 0) is 56.5 Å². The first-order valence-corrected chi connectivity index (χ1v) is 11.4. The van der Waals surface area contributed by atoms with E-state index in [1.165, 1.54) is 18.5 Å². The zero-order valence-corrected chi connectivity index (χ0v) is 19.1. The van der Waals surface area contributed by atoms with Crippen LogP contribution in [-0.2, 0) is 4.74 Å². The molecule has 1 aromatic carbocycles. The molecule has 4 rings (SSSR count). The number of nitrogen functional groups attached to an aromatic ring is 1. The predicted octanol–water partition coefficient (Wildman–Crippen LogP) is 2.25. The van der Waals surface area contributed by atoms with Crippen molar-refractivity contribution in [2.45, 2.75) is 44.7 Å². The summed E-state index contributed by atoms with van der Waals surface area (Å²) in [6.45, 7) is 3.39. The number of nitrogens with zero attached hydrogens (tertiary/aromatic N) is 4. The first-order valence-electron chi connectivity index (χ1n) is 11.4. The maximum absolute atomic E-state index is 12.0. The molecule has 11 nitrogen and oxygen atoms in total. The van der Waals surface area contributed by atoms with Gasteiger partial charge in [0, 0.05) is 31.5 Å². The van der Waals surface area contributed by atoms with Gasteiger partial charge in [0.25, 0.3) is 0 Å². The minimum atomic E-state index is -0.631. The molecule has 1 aliphatic heterocycles. The average Bonchev–Trinajstić information content (AvgIpc) is 3.45. The second kappa shape index (κ2) is 10.7. The molecule has 1 aliphatic rings. The van der Waals surface area contributed by atoms with Crippen molar-refractivity contribution < 1.29 is 19.7 Å². The van der Waals surface area contributed by atoms with Crippen molar-refractivity contribution in [1.82, 2.24) is 24.8 Å². The lowest BCUT2D eigenvalue weighted by atomic mass is 10.2. The van der Waals surface area contributed by atoms with Gasteiger partial charge in [-0.1, -0.05) is 0 Å². The van der Waals surface area contributed by atoms with Crippen LogP contribution < -0.4 is 16.4 Å².